The number of carbonyl (C=O) groups excluding carboxylic acids is 2. The molecule has 0 fully saturated rings. The van der Waals surface area contributed by atoms with Crippen molar-refractivity contribution in [2.45, 2.75) is 6.54 Å². The summed E-state index contributed by atoms with van der Waals surface area (Å²) < 4.78 is 12.7. The van der Waals surface area contributed by atoms with Crippen molar-refractivity contribution >= 4 is 50.9 Å². The number of nitrogens with zero attached hydrogens (tertiary/aromatic N) is 4. The fourth-order valence-electron chi connectivity index (χ4n) is 2.20. The lowest BCUT2D eigenvalue weighted by Crippen LogP contribution is -2.36. The molecular formula is C17H15BrCl2N6O4. The highest BCUT2D eigenvalue weighted by Crippen LogP contribution is 2.26. The molecule has 13 heteroatoms. The van der Waals surface area contributed by atoms with Gasteiger partial charge in [0, 0.05) is 25.4 Å². The van der Waals surface area contributed by atoms with Crippen molar-refractivity contribution in [3.63, 3.8) is 0 Å². The maximum atomic E-state index is 12.0. The number of carbonyl (C=O) groups is 2. The second-order valence-electron chi connectivity index (χ2n) is 5.84. The summed E-state index contributed by atoms with van der Waals surface area (Å²) in [6.45, 7) is 0.415. The van der Waals surface area contributed by atoms with Gasteiger partial charge in [-0.1, -0.05) is 28.4 Å². The van der Waals surface area contributed by atoms with Crippen LogP contribution in [0.25, 0.3) is 0 Å². The molecule has 3 rings (SSSR count). The van der Waals surface area contributed by atoms with E-state index in [9.17, 15) is 9.59 Å². The molecule has 0 radical (unpaired) electrons. The lowest BCUT2D eigenvalue weighted by Gasteiger charge is -2.08. The molecule has 2 N–H and O–H groups in total. The molecule has 30 heavy (non-hydrogen) atoms. The average Bonchev–Trinajstić information content (AvgIpc) is 3.35. The smallest absolute Gasteiger partial charge is 0.316 e. The van der Waals surface area contributed by atoms with Crippen LogP contribution in [-0.2, 0) is 11.3 Å². The first-order valence-corrected chi connectivity index (χ1v) is 10.1. The van der Waals surface area contributed by atoms with E-state index in [-0.39, 0.29) is 38.0 Å². The lowest BCUT2D eigenvalue weighted by atomic mass is 10.3. The lowest BCUT2D eigenvalue weighted by molar-refractivity contribution is -0.123. The van der Waals surface area contributed by atoms with Gasteiger partial charge in [-0.25, -0.2) is 0 Å². The van der Waals surface area contributed by atoms with Gasteiger partial charge in [-0.15, -0.1) is 0 Å². The van der Waals surface area contributed by atoms with Gasteiger partial charge in [0.05, 0.1) is 20.7 Å². The molecule has 3 aromatic rings. The van der Waals surface area contributed by atoms with Gasteiger partial charge in [0.1, 0.15) is 12.3 Å². The summed E-state index contributed by atoms with van der Waals surface area (Å²) in [7, 11) is 0. The molecule has 0 unspecified atom stereocenters. The van der Waals surface area contributed by atoms with E-state index in [1.807, 2.05) is 0 Å². The summed E-state index contributed by atoms with van der Waals surface area (Å²) in [5.74, 6) is -0.353. The molecule has 0 spiro atoms. The first-order valence-electron chi connectivity index (χ1n) is 8.54. The monoisotopic (exact) mass is 516 g/mol. The minimum atomic E-state index is -0.545. The van der Waals surface area contributed by atoms with Gasteiger partial charge in [0.25, 0.3) is 5.91 Å². The largest absolute Gasteiger partial charge is 0.484 e. The van der Waals surface area contributed by atoms with Crippen molar-refractivity contribution in [2.24, 2.45) is 0 Å². The standard InChI is InChI=1S/C17H15BrCl2N6O4/c18-10-6-23-26(7-10)8-14-24-17(30-25-14)16(28)22-4-3-21-15(27)9-29-11-1-2-12(19)13(20)5-11/h1-2,5-7H,3-4,8-9H2,(H,21,27)(H,22,28). The van der Waals surface area contributed by atoms with E-state index in [4.69, 9.17) is 32.5 Å². The maximum Gasteiger partial charge on any atom is 0.316 e. The SMILES string of the molecule is O=C(COc1ccc(Cl)c(Cl)c1)NCCNC(=O)c1nc(Cn2cc(Br)cn2)no1. The summed E-state index contributed by atoms with van der Waals surface area (Å²) in [5, 5.41) is 13.7. The van der Waals surface area contributed by atoms with Crippen LogP contribution in [0.1, 0.15) is 16.5 Å². The van der Waals surface area contributed by atoms with E-state index < -0.39 is 5.91 Å². The fraction of sp³-hybridized carbons (Fsp3) is 0.235. The molecule has 2 amide bonds. The Balaban J connectivity index is 1.35. The molecule has 10 nitrogen and oxygen atoms in total. The number of hydrogen-bond acceptors (Lipinski definition) is 7. The van der Waals surface area contributed by atoms with Crippen LogP contribution < -0.4 is 15.4 Å². The topological polar surface area (TPSA) is 124 Å². The van der Waals surface area contributed by atoms with Crippen LogP contribution in [0.5, 0.6) is 5.75 Å². The second-order valence-corrected chi connectivity index (χ2v) is 7.57. The van der Waals surface area contributed by atoms with Gasteiger partial charge >= 0.3 is 11.8 Å². The Morgan fingerprint density at radius 1 is 1.20 bits per heavy atom. The summed E-state index contributed by atoms with van der Waals surface area (Å²) in [4.78, 5) is 27.8. The average molecular weight is 518 g/mol. The molecule has 0 bridgehead atoms. The highest BCUT2D eigenvalue weighted by atomic mass is 79.9. The molecule has 0 saturated carbocycles. The molecule has 0 aliphatic heterocycles. The normalized spacial score (nSPS) is 10.6. The van der Waals surface area contributed by atoms with Gasteiger partial charge in [0.2, 0.25) is 0 Å². The predicted molar refractivity (Wildman–Crippen MR) is 111 cm³/mol. The molecule has 158 valence electrons. The zero-order chi connectivity index (χ0) is 21.5. The van der Waals surface area contributed by atoms with Gasteiger partial charge in [-0.2, -0.15) is 10.1 Å². The Morgan fingerprint density at radius 3 is 2.73 bits per heavy atom. The van der Waals surface area contributed by atoms with Gasteiger partial charge < -0.3 is 19.9 Å². The highest BCUT2D eigenvalue weighted by Gasteiger charge is 2.15. The highest BCUT2D eigenvalue weighted by molar-refractivity contribution is 9.10. The zero-order valence-corrected chi connectivity index (χ0v) is 18.4. The molecule has 0 aliphatic carbocycles. The maximum absolute atomic E-state index is 12.0. The number of benzene rings is 1. The molecular weight excluding hydrogens is 503 g/mol. The van der Waals surface area contributed by atoms with Crippen LogP contribution in [0, 0.1) is 0 Å². The van der Waals surface area contributed by atoms with Crippen molar-refractivity contribution in [3.8, 4) is 5.75 Å². The molecule has 2 heterocycles. The van der Waals surface area contributed by atoms with E-state index in [1.54, 1.807) is 29.2 Å². The third-order valence-electron chi connectivity index (χ3n) is 3.56. The van der Waals surface area contributed by atoms with Crippen molar-refractivity contribution in [1.82, 2.24) is 30.6 Å². The van der Waals surface area contributed by atoms with Crippen molar-refractivity contribution in [1.29, 1.82) is 0 Å². The van der Waals surface area contributed by atoms with E-state index >= 15 is 0 Å². The van der Waals surface area contributed by atoms with E-state index in [1.165, 1.54) is 6.07 Å². The van der Waals surface area contributed by atoms with Crippen LogP contribution in [0.3, 0.4) is 0 Å². The third kappa shape index (κ3) is 6.44. The molecule has 1 aromatic carbocycles. The second kappa shape index (κ2) is 10.4. The van der Waals surface area contributed by atoms with E-state index in [0.29, 0.717) is 21.6 Å². The first-order chi connectivity index (χ1) is 14.4. The summed E-state index contributed by atoms with van der Waals surface area (Å²) in [5.41, 5.74) is 0. The van der Waals surface area contributed by atoms with Crippen molar-refractivity contribution < 1.29 is 18.8 Å². The Bertz CT molecular complexity index is 1040. The summed E-state index contributed by atoms with van der Waals surface area (Å²) in [6, 6.07) is 4.69. The quantitative estimate of drug-likeness (QED) is 0.417. The number of ether oxygens (including phenoxy) is 1. The van der Waals surface area contributed by atoms with E-state index in [0.717, 1.165) is 4.47 Å². The molecule has 0 saturated heterocycles. The van der Waals surface area contributed by atoms with Crippen LogP contribution in [0.2, 0.25) is 10.0 Å². The van der Waals surface area contributed by atoms with Crippen LogP contribution >= 0.6 is 39.1 Å². The van der Waals surface area contributed by atoms with Crippen LogP contribution in [0.15, 0.2) is 39.6 Å². The number of aromatic nitrogens is 4. The third-order valence-corrected chi connectivity index (χ3v) is 4.71. The zero-order valence-electron chi connectivity index (χ0n) is 15.3. The number of amides is 2. The van der Waals surface area contributed by atoms with Crippen molar-refractivity contribution in [2.75, 3.05) is 19.7 Å². The Labute approximate surface area is 189 Å². The van der Waals surface area contributed by atoms with Gasteiger partial charge in [0.15, 0.2) is 12.4 Å². The number of rotatable bonds is 9. The van der Waals surface area contributed by atoms with Gasteiger partial charge in [-0.05, 0) is 28.1 Å². The first kappa shape index (κ1) is 22.1. The van der Waals surface area contributed by atoms with Crippen LogP contribution in [0.4, 0.5) is 0 Å². The predicted octanol–water partition coefficient (Wildman–Crippen LogP) is 2.31. The summed E-state index contributed by atoms with van der Waals surface area (Å²) >= 11 is 15.0. The Hall–Kier alpha value is -2.63. The number of hydrogen-bond donors (Lipinski definition) is 2. The minimum absolute atomic E-state index is 0.168. The summed E-state index contributed by atoms with van der Waals surface area (Å²) in [6.07, 6.45) is 3.36. The van der Waals surface area contributed by atoms with Crippen LogP contribution in [-0.4, -0.2) is 51.4 Å². The fourth-order valence-corrected chi connectivity index (χ4v) is 2.82. The Morgan fingerprint density at radius 2 is 2.00 bits per heavy atom. The number of halogens is 3. The van der Waals surface area contributed by atoms with Crippen molar-refractivity contribution in [3.05, 3.63) is 56.8 Å². The van der Waals surface area contributed by atoms with E-state index in [2.05, 4.69) is 41.8 Å². The molecule has 0 atom stereocenters. The Kier molecular flexibility index (Phi) is 7.66. The molecule has 0 aliphatic rings. The molecule has 2 aromatic heterocycles. The minimum Gasteiger partial charge on any atom is -0.484 e. The number of nitrogens with one attached hydrogen (secondary N) is 2. The van der Waals surface area contributed by atoms with Gasteiger partial charge in [-0.3, -0.25) is 14.3 Å².